The van der Waals surface area contributed by atoms with Crippen molar-refractivity contribution in [3.63, 3.8) is 0 Å². The van der Waals surface area contributed by atoms with Gasteiger partial charge in [0.25, 0.3) is 0 Å². The Bertz CT molecular complexity index is 123. The molecule has 0 saturated carbocycles. The minimum Gasteiger partial charge on any atom is -0.332 e. The first kappa shape index (κ1) is 12.9. The van der Waals surface area contributed by atoms with Crippen molar-refractivity contribution in [1.82, 2.24) is 0 Å². The van der Waals surface area contributed by atoms with Crippen LogP contribution in [0.1, 0.15) is 39.5 Å². The van der Waals surface area contributed by atoms with E-state index in [1.807, 2.05) is 7.11 Å². The Morgan fingerprint density at radius 1 is 1.15 bits per heavy atom. The minimum atomic E-state index is 0.372. The molecule has 0 fully saturated rings. The van der Waals surface area contributed by atoms with Crippen molar-refractivity contribution in [3.8, 4) is 0 Å². The molecule has 2 nitrogen and oxygen atoms in total. The third-order valence-electron chi connectivity index (χ3n) is 2.92. The van der Waals surface area contributed by atoms with Crippen molar-refractivity contribution in [2.45, 2.75) is 45.8 Å². The van der Waals surface area contributed by atoms with E-state index in [0.717, 1.165) is 11.0 Å². The van der Waals surface area contributed by atoms with Crippen molar-refractivity contribution < 1.29 is 9.22 Å². The van der Waals surface area contributed by atoms with E-state index in [1.54, 1.807) is 0 Å². The summed E-state index contributed by atoms with van der Waals surface area (Å²) in [5.41, 5.74) is 0. The third-order valence-corrected chi connectivity index (χ3v) is 2.92. The number of ether oxygens (including phenoxy) is 1. The van der Waals surface area contributed by atoms with Crippen molar-refractivity contribution >= 4 is 0 Å². The number of unbranched alkanes of at least 4 members (excludes halogenated alkanes) is 2. The van der Waals surface area contributed by atoms with Gasteiger partial charge in [-0.2, -0.15) is 0 Å². The number of quaternary nitrogens is 1. The van der Waals surface area contributed by atoms with Crippen LogP contribution in [0.2, 0.25) is 0 Å². The lowest BCUT2D eigenvalue weighted by Gasteiger charge is -2.35. The maximum Gasteiger partial charge on any atom is 0.192 e. The zero-order chi connectivity index (χ0) is 10.3. The van der Waals surface area contributed by atoms with Gasteiger partial charge in [-0.25, -0.2) is 0 Å². The first-order chi connectivity index (χ1) is 6.08. The zero-order valence-corrected chi connectivity index (χ0v) is 9.97. The molecular weight excluding hydrogens is 162 g/mol. The predicted octanol–water partition coefficient (Wildman–Crippen LogP) is 2.64. The first-order valence-electron chi connectivity index (χ1n) is 5.44. The Morgan fingerprint density at radius 3 is 2.15 bits per heavy atom. The second kappa shape index (κ2) is 6.39. The van der Waals surface area contributed by atoms with Gasteiger partial charge in [0.1, 0.15) is 0 Å². The van der Waals surface area contributed by atoms with Crippen LogP contribution in [0, 0.1) is 0 Å². The fraction of sp³-hybridized carbons (Fsp3) is 1.00. The SMILES string of the molecule is CCCCCC(OC)[N+](C)(C)CC. The molecule has 0 radical (unpaired) electrons. The summed E-state index contributed by atoms with van der Waals surface area (Å²) < 4.78 is 6.50. The van der Waals surface area contributed by atoms with E-state index in [4.69, 9.17) is 4.74 Å². The Labute approximate surface area is 83.5 Å². The summed E-state index contributed by atoms with van der Waals surface area (Å²) in [6, 6.07) is 0. The van der Waals surface area contributed by atoms with Gasteiger partial charge in [-0.1, -0.05) is 19.8 Å². The summed E-state index contributed by atoms with van der Waals surface area (Å²) in [4.78, 5) is 0. The molecule has 0 heterocycles. The van der Waals surface area contributed by atoms with Crippen molar-refractivity contribution in [2.75, 3.05) is 27.7 Å². The summed E-state index contributed by atoms with van der Waals surface area (Å²) >= 11 is 0. The average molecular weight is 188 g/mol. The maximum absolute atomic E-state index is 5.52. The highest BCUT2D eigenvalue weighted by Crippen LogP contribution is 2.14. The van der Waals surface area contributed by atoms with Gasteiger partial charge in [-0.05, 0) is 13.3 Å². The lowest BCUT2D eigenvalue weighted by molar-refractivity contribution is -0.935. The van der Waals surface area contributed by atoms with E-state index in [0.29, 0.717) is 6.23 Å². The molecule has 0 aromatic heterocycles. The van der Waals surface area contributed by atoms with Crippen LogP contribution in [-0.2, 0) is 4.74 Å². The van der Waals surface area contributed by atoms with Gasteiger partial charge in [0.15, 0.2) is 6.23 Å². The van der Waals surface area contributed by atoms with Crippen LogP contribution in [0.3, 0.4) is 0 Å². The number of nitrogens with zero attached hydrogens (tertiary/aromatic N) is 1. The quantitative estimate of drug-likeness (QED) is 0.339. The van der Waals surface area contributed by atoms with Crippen LogP contribution in [0.5, 0.6) is 0 Å². The molecule has 1 unspecified atom stereocenters. The monoisotopic (exact) mass is 188 g/mol. The highest BCUT2D eigenvalue weighted by Gasteiger charge is 2.25. The van der Waals surface area contributed by atoms with Crippen LogP contribution in [0.15, 0.2) is 0 Å². The molecule has 0 amide bonds. The predicted molar refractivity (Wildman–Crippen MR) is 57.6 cm³/mol. The van der Waals surface area contributed by atoms with Gasteiger partial charge in [0, 0.05) is 13.5 Å². The van der Waals surface area contributed by atoms with E-state index in [2.05, 4.69) is 27.9 Å². The Balaban J connectivity index is 3.87. The van der Waals surface area contributed by atoms with E-state index in [9.17, 15) is 0 Å². The molecule has 1 atom stereocenters. The van der Waals surface area contributed by atoms with Crippen LogP contribution in [0.25, 0.3) is 0 Å². The zero-order valence-electron chi connectivity index (χ0n) is 9.97. The maximum atomic E-state index is 5.52. The number of hydrogen-bond acceptors (Lipinski definition) is 1. The molecule has 2 heteroatoms. The molecule has 0 aliphatic rings. The fourth-order valence-corrected chi connectivity index (χ4v) is 1.53. The second-order valence-electron chi connectivity index (χ2n) is 4.28. The molecule has 0 rings (SSSR count). The van der Waals surface area contributed by atoms with Gasteiger partial charge in [0.2, 0.25) is 0 Å². The van der Waals surface area contributed by atoms with Crippen LogP contribution in [-0.4, -0.2) is 38.5 Å². The molecule has 0 bridgehead atoms. The van der Waals surface area contributed by atoms with Gasteiger partial charge in [-0.15, -0.1) is 0 Å². The Kier molecular flexibility index (Phi) is 6.35. The Hall–Kier alpha value is -0.0800. The molecule has 0 aromatic rings. The van der Waals surface area contributed by atoms with Crippen molar-refractivity contribution in [3.05, 3.63) is 0 Å². The average Bonchev–Trinajstić information content (AvgIpc) is 2.12. The fourth-order valence-electron chi connectivity index (χ4n) is 1.53. The summed E-state index contributed by atoms with van der Waals surface area (Å²) in [5.74, 6) is 0. The second-order valence-corrected chi connectivity index (χ2v) is 4.28. The Morgan fingerprint density at radius 2 is 1.77 bits per heavy atom. The third kappa shape index (κ3) is 4.63. The van der Waals surface area contributed by atoms with Crippen LogP contribution in [0.4, 0.5) is 0 Å². The number of hydrogen-bond donors (Lipinski definition) is 0. The van der Waals surface area contributed by atoms with E-state index >= 15 is 0 Å². The van der Waals surface area contributed by atoms with Gasteiger partial charge in [0.05, 0.1) is 20.6 Å². The lowest BCUT2D eigenvalue weighted by atomic mass is 10.1. The highest BCUT2D eigenvalue weighted by atomic mass is 16.5. The molecule has 80 valence electrons. The van der Waals surface area contributed by atoms with Crippen LogP contribution < -0.4 is 0 Å². The van der Waals surface area contributed by atoms with E-state index < -0.39 is 0 Å². The lowest BCUT2D eigenvalue weighted by Crippen LogP contribution is -2.49. The standard InChI is InChI=1S/C11H26NO/c1-6-8-9-10-11(13-5)12(3,4)7-2/h11H,6-10H2,1-5H3/q+1. The van der Waals surface area contributed by atoms with E-state index in [-0.39, 0.29) is 0 Å². The largest absolute Gasteiger partial charge is 0.332 e. The van der Waals surface area contributed by atoms with Gasteiger partial charge in [-0.3, -0.25) is 0 Å². The molecule has 0 spiro atoms. The first-order valence-corrected chi connectivity index (χ1v) is 5.44. The normalized spacial score (nSPS) is 14.5. The summed E-state index contributed by atoms with van der Waals surface area (Å²) in [6.45, 7) is 5.58. The van der Waals surface area contributed by atoms with Gasteiger partial charge < -0.3 is 9.22 Å². The molecule has 0 aliphatic carbocycles. The van der Waals surface area contributed by atoms with Gasteiger partial charge >= 0.3 is 0 Å². The minimum absolute atomic E-state index is 0.372. The molecule has 0 N–H and O–H groups in total. The summed E-state index contributed by atoms with van der Waals surface area (Å²) in [5, 5.41) is 0. The topological polar surface area (TPSA) is 9.23 Å². The molecular formula is C11H26NO+. The van der Waals surface area contributed by atoms with Crippen molar-refractivity contribution in [1.29, 1.82) is 0 Å². The molecule has 0 aromatic carbocycles. The highest BCUT2D eigenvalue weighted by molar-refractivity contribution is 4.47. The van der Waals surface area contributed by atoms with E-state index in [1.165, 1.54) is 25.7 Å². The number of rotatable bonds is 7. The molecule has 0 saturated heterocycles. The molecule has 13 heavy (non-hydrogen) atoms. The molecule has 0 aliphatic heterocycles. The summed E-state index contributed by atoms with van der Waals surface area (Å²) in [7, 11) is 6.30. The summed E-state index contributed by atoms with van der Waals surface area (Å²) in [6.07, 6.45) is 5.46. The van der Waals surface area contributed by atoms with Crippen molar-refractivity contribution in [2.24, 2.45) is 0 Å². The number of methoxy groups -OCH3 is 1. The smallest absolute Gasteiger partial charge is 0.192 e. The van der Waals surface area contributed by atoms with Crippen LogP contribution >= 0.6 is 0 Å².